The van der Waals surface area contributed by atoms with Crippen molar-refractivity contribution in [1.29, 1.82) is 0 Å². The highest BCUT2D eigenvalue weighted by Crippen LogP contribution is 2.29. The van der Waals surface area contributed by atoms with Gasteiger partial charge < -0.3 is 15.4 Å². The predicted octanol–water partition coefficient (Wildman–Crippen LogP) is 2.98. The van der Waals surface area contributed by atoms with Crippen LogP contribution in [0.2, 0.25) is 0 Å². The lowest BCUT2D eigenvalue weighted by molar-refractivity contribution is -0.137. The number of carboxylic acid groups (broad SMARTS) is 1. The highest BCUT2D eigenvalue weighted by atomic mass is 16.4. The molecule has 1 heterocycles. The molecule has 1 aromatic heterocycles. The number of benzene rings is 2. The van der Waals surface area contributed by atoms with Crippen LogP contribution in [0.1, 0.15) is 0 Å². The first-order valence-electron chi connectivity index (χ1n) is 6.31. The Morgan fingerprint density at radius 1 is 1.10 bits per heavy atom. The average Bonchev–Trinajstić information content (AvgIpc) is 2.77. The summed E-state index contributed by atoms with van der Waals surface area (Å²) in [5, 5.41) is 10.1. The van der Waals surface area contributed by atoms with Crippen molar-refractivity contribution in [3.8, 4) is 11.3 Å². The average molecular weight is 266 g/mol. The largest absolute Gasteiger partial charge is 0.480 e. The second-order valence-corrected chi connectivity index (χ2v) is 4.69. The smallest absolute Gasteiger partial charge is 0.323 e. The molecule has 0 amide bonds. The van der Waals surface area contributed by atoms with Crippen molar-refractivity contribution < 1.29 is 9.90 Å². The fourth-order valence-corrected chi connectivity index (χ4v) is 2.44. The SMILES string of the molecule is Nc1ccc2c(c1)cc(-c1ccccc1)n2CC(=O)O. The minimum atomic E-state index is -0.864. The minimum Gasteiger partial charge on any atom is -0.480 e. The summed E-state index contributed by atoms with van der Waals surface area (Å²) < 4.78 is 1.80. The molecular formula is C16H14N2O2. The molecule has 0 saturated carbocycles. The molecule has 4 nitrogen and oxygen atoms in total. The third-order valence-corrected chi connectivity index (χ3v) is 3.29. The molecule has 0 bridgehead atoms. The van der Waals surface area contributed by atoms with Crippen LogP contribution in [0.4, 0.5) is 5.69 Å². The number of nitrogens with zero attached hydrogens (tertiary/aromatic N) is 1. The number of hydrogen-bond acceptors (Lipinski definition) is 2. The van der Waals surface area contributed by atoms with Crippen molar-refractivity contribution in [2.24, 2.45) is 0 Å². The van der Waals surface area contributed by atoms with E-state index in [1.54, 1.807) is 10.6 Å². The van der Waals surface area contributed by atoms with Gasteiger partial charge >= 0.3 is 5.97 Å². The monoisotopic (exact) mass is 266 g/mol. The Bertz CT molecular complexity index is 776. The molecular weight excluding hydrogens is 252 g/mol. The van der Waals surface area contributed by atoms with Gasteiger partial charge in [0.15, 0.2) is 0 Å². The van der Waals surface area contributed by atoms with E-state index in [0.29, 0.717) is 5.69 Å². The molecule has 0 spiro atoms. The second kappa shape index (κ2) is 4.74. The summed E-state index contributed by atoms with van der Waals surface area (Å²) in [5.41, 5.74) is 9.22. The number of carboxylic acids is 1. The number of carbonyl (C=O) groups is 1. The van der Waals surface area contributed by atoms with Gasteiger partial charge in [-0.15, -0.1) is 0 Å². The summed E-state index contributed by atoms with van der Waals surface area (Å²) in [7, 11) is 0. The molecule has 0 saturated heterocycles. The molecule has 0 radical (unpaired) electrons. The van der Waals surface area contributed by atoms with Gasteiger partial charge in [-0.3, -0.25) is 4.79 Å². The van der Waals surface area contributed by atoms with E-state index in [4.69, 9.17) is 10.8 Å². The van der Waals surface area contributed by atoms with E-state index in [2.05, 4.69) is 0 Å². The van der Waals surface area contributed by atoms with Crippen molar-refractivity contribution in [2.45, 2.75) is 6.54 Å². The molecule has 0 aliphatic rings. The zero-order valence-electron chi connectivity index (χ0n) is 10.8. The van der Waals surface area contributed by atoms with E-state index < -0.39 is 5.97 Å². The number of anilines is 1. The van der Waals surface area contributed by atoms with Crippen LogP contribution in [0.3, 0.4) is 0 Å². The van der Waals surface area contributed by atoms with Gasteiger partial charge in [0.25, 0.3) is 0 Å². The molecule has 0 aliphatic heterocycles. The first-order chi connectivity index (χ1) is 9.65. The Morgan fingerprint density at radius 3 is 2.55 bits per heavy atom. The third kappa shape index (κ3) is 2.12. The van der Waals surface area contributed by atoms with E-state index >= 15 is 0 Å². The molecule has 0 unspecified atom stereocenters. The van der Waals surface area contributed by atoms with Gasteiger partial charge in [0.05, 0.1) is 0 Å². The number of rotatable bonds is 3. The molecule has 3 rings (SSSR count). The summed E-state index contributed by atoms with van der Waals surface area (Å²) in [6.07, 6.45) is 0. The summed E-state index contributed by atoms with van der Waals surface area (Å²) in [5.74, 6) is -0.864. The molecule has 0 atom stereocenters. The Morgan fingerprint density at radius 2 is 1.85 bits per heavy atom. The van der Waals surface area contributed by atoms with E-state index in [0.717, 1.165) is 22.2 Å². The normalized spacial score (nSPS) is 10.8. The summed E-state index contributed by atoms with van der Waals surface area (Å²) >= 11 is 0. The van der Waals surface area contributed by atoms with Crippen molar-refractivity contribution >= 4 is 22.6 Å². The van der Waals surface area contributed by atoms with Crippen LogP contribution in [0.5, 0.6) is 0 Å². The van der Waals surface area contributed by atoms with Gasteiger partial charge in [-0.25, -0.2) is 0 Å². The van der Waals surface area contributed by atoms with Gasteiger partial charge in [-0.1, -0.05) is 30.3 Å². The maximum atomic E-state index is 11.1. The Hall–Kier alpha value is -2.75. The van der Waals surface area contributed by atoms with Gasteiger partial charge in [-0.2, -0.15) is 0 Å². The number of hydrogen-bond donors (Lipinski definition) is 2. The lowest BCUT2D eigenvalue weighted by Gasteiger charge is -2.08. The van der Waals surface area contributed by atoms with Gasteiger partial charge in [-0.05, 0) is 29.8 Å². The van der Waals surface area contributed by atoms with Gasteiger partial charge in [0, 0.05) is 22.3 Å². The fraction of sp³-hybridized carbons (Fsp3) is 0.0625. The molecule has 2 aromatic carbocycles. The van der Waals surface area contributed by atoms with Crippen LogP contribution in [0.15, 0.2) is 54.6 Å². The standard InChI is InChI=1S/C16H14N2O2/c17-13-6-7-14-12(8-13)9-15(18(14)10-16(19)20)11-4-2-1-3-5-11/h1-9H,10,17H2,(H,19,20). The van der Waals surface area contributed by atoms with Crippen molar-refractivity contribution in [2.75, 3.05) is 5.73 Å². The summed E-state index contributed by atoms with van der Waals surface area (Å²) in [6, 6.07) is 17.2. The fourth-order valence-electron chi connectivity index (χ4n) is 2.44. The number of nitrogen functional groups attached to an aromatic ring is 1. The van der Waals surface area contributed by atoms with E-state index in [1.807, 2.05) is 48.5 Å². The topological polar surface area (TPSA) is 68.2 Å². The highest BCUT2D eigenvalue weighted by molar-refractivity contribution is 5.90. The highest BCUT2D eigenvalue weighted by Gasteiger charge is 2.12. The first-order valence-corrected chi connectivity index (χ1v) is 6.31. The second-order valence-electron chi connectivity index (χ2n) is 4.69. The summed E-state index contributed by atoms with van der Waals surface area (Å²) in [4.78, 5) is 11.1. The van der Waals surface area contributed by atoms with Crippen LogP contribution in [0.25, 0.3) is 22.2 Å². The molecule has 3 N–H and O–H groups in total. The van der Waals surface area contributed by atoms with Crippen LogP contribution < -0.4 is 5.73 Å². The van der Waals surface area contributed by atoms with Crippen LogP contribution >= 0.6 is 0 Å². The van der Waals surface area contributed by atoms with E-state index in [9.17, 15) is 4.79 Å². The maximum absolute atomic E-state index is 11.1. The number of aliphatic carboxylic acids is 1. The molecule has 3 aromatic rings. The maximum Gasteiger partial charge on any atom is 0.323 e. The zero-order valence-corrected chi connectivity index (χ0v) is 10.8. The first kappa shape index (κ1) is 12.3. The lowest BCUT2D eigenvalue weighted by Crippen LogP contribution is -2.09. The van der Waals surface area contributed by atoms with Crippen LogP contribution in [-0.2, 0) is 11.3 Å². The number of aromatic nitrogens is 1. The van der Waals surface area contributed by atoms with Crippen molar-refractivity contribution in [1.82, 2.24) is 4.57 Å². The minimum absolute atomic E-state index is 0.0718. The molecule has 20 heavy (non-hydrogen) atoms. The quantitative estimate of drug-likeness (QED) is 0.716. The van der Waals surface area contributed by atoms with Gasteiger partial charge in [0.2, 0.25) is 0 Å². The van der Waals surface area contributed by atoms with Gasteiger partial charge in [0.1, 0.15) is 6.54 Å². The molecule has 0 fully saturated rings. The van der Waals surface area contributed by atoms with Crippen LogP contribution in [-0.4, -0.2) is 15.6 Å². The molecule has 100 valence electrons. The van der Waals surface area contributed by atoms with Crippen molar-refractivity contribution in [3.05, 3.63) is 54.6 Å². The van der Waals surface area contributed by atoms with Crippen LogP contribution in [0, 0.1) is 0 Å². The Kier molecular flexibility index (Phi) is 2.91. The Balaban J connectivity index is 2.27. The molecule has 0 aliphatic carbocycles. The zero-order chi connectivity index (χ0) is 14.1. The summed E-state index contributed by atoms with van der Waals surface area (Å²) in [6.45, 7) is -0.0718. The number of nitrogens with two attached hydrogens (primary N) is 1. The predicted molar refractivity (Wildman–Crippen MR) is 79.4 cm³/mol. The number of fused-ring (bicyclic) bond motifs is 1. The van der Waals surface area contributed by atoms with E-state index in [-0.39, 0.29) is 6.54 Å². The lowest BCUT2D eigenvalue weighted by atomic mass is 10.1. The van der Waals surface area contributed by atoms with Crippen molar-refractivity contribution in [3.63, 3.8) is 0 Å². The third-order valence-electron chi connectivity index (χ3n) is 3.29. The Labute approximate surface area is 116 Å². The van der Waals surface area contributed by atoms with E-state index in [1.165, 1.54) is 0 Å². The molecule has 4 heteroatoms.